The molecule has 3 rings (SSSR count). The van der Waals surface area contributed by atoms with Crippen LogP contribution in [0.2, 0.25) is 5.02 Å². The second-order valence-corrected chi connectivity index (χ2v) is 10.6. The molecule has 0 spiro atoms. The van der Waals surface area contributed by atoms with Crippen molar-refractivity contribution >= 4 is 28.9 Å². The van der Waals surface area contributed by atoms with Crippen molar-refractivity contribution in [3.63, 3.8) is 0 Å². The number of nitrogens with zero attached hydrogens (tertiary/aromatic N) is 1. The van der Waals surface area contributed by atoms with Gasteiger partial charge in [-0.2, -0.15) is 0 Å². The number of ether oxygens (including phenoxy) is 1. The summed E-state index contributed by atoms with van der Waals surface area (Å²) in [6.07, 6.45) is 2.45. The molecule has 2 heterocycles. The van der Waals surface area contributed by atoms with E-state index in [0.29, 0.717) is 36.6 Å². The van der Waals surface area contributed by atoms with Crippen molar-refractivity contribution in [2.24, 2.45) is 17.3 Å². The molecule has 1 fully saturated rings. The monoisotopic (exact) mass is 491 g/mol. The quantitative estimate of drug-likeness (QED) is 0.425. The van der Waals surface area contributed by atoms with Gasteiger partial charge in [0.2, 0.25) is 0 Å². The second kappa shape index (κ2) is 10.1. The lowest BCUT2D eigenvalue weighted by Gasteiger charge is -2.41. The topological polar surface area (TPSA) is 75.1 Å². The summed E-state index contributed by atoms with van der Waals surface area (Å²) in [5.74, 6) is -2.02. The summed E-state index contributed by atoms with van der Waals surface area (Å²) in [4.78, 5) is 16.4. The number of carbonyl (C=O) groups excluding carboxylic acids is 1. The van der Waals surface area contributed by atoms with Crippen LogP contribution in [0.1, 0.15) is 63.5 Å². The number of hydrogen-bond donors (Lipinski definition) is 2. The van der Waals surface area contributed by atoms with Gasteiger partial charge in [0, 0.05) is 23.0 Å². The molecule has 0 saturated carbocycles. The number of aromatic nitrogens is 1. The summed E-state index contributed by atoms with van der Waals surface area (Å²) < 4.78 is 35.4. The molecule has 1 aliphatic heterocycles. The molecule has 8 heteroatoms. The molecule has 184 valence electrons. The number of rotatable bonds is 7. The first-order valence-corrected chi connectivity index (χ1v) is 11.9. The van der Waals surface area contributed by atoms with E-state index in [4.69, 9.17) is 21.7 Å². The van der Waals surface area contributed by atoms with Crippen molar-refractivity contribution in [1.82, 2.24) is 4.98 Å². The van der Waals surface area contributed by atoms with E-state index in [1.165, 1.54) is 18.3 Å². The lowest BCUT2D eigenvalue weighted by molar-refractivity contribution is 0.101. The highest BCUT2D eigenvalue weighted by Crippen LogP contribution is 2.49. The molecule has 1 saturated heterocycles. The summed E-state index contributed by atoms with van der Waals surface area (Å²) in [7, 11) is 0. The van der Waals surface area contributed by atoms with Crippen LogP contribution in [-0.2, 0) is 10.2 Å². The Morgan fingerprint density at radius 1 is 1.32 bits per heavy atom. The van der Waals surface area contributed by atoms with Crippen LogP contribution in [0.25, 0.3) is 0 Å². The number of halogens is 3. The third kappa shape index (κ3) is 5.15. The molecule has 1 aromatic carbocycles. The fraction of sp³-hybridized carbons (Fsp3) is 0.500. The van der Waals surface area contributed by atoms with Gasteiger partial charge in [0.25, 0.3) is 5.91 Å². The number of amides is 1. The van der Waals surface area contributed by atoms with Gasteiger partial charge in [0.15, 0.2) is 11.5 Å². The smallest absolute Gasteiger partial charge is 0.277 e. The molecular formula is C26H32ClF2N3O2. The van der Waals surface area contributed by atoms with Gasteiger partial charge in [-0.25, -0.2) is 13.8 Å². The van der Waals surface area contributed by atoms with Crippen molar-refractivity contribution in [1.29, 1.82) is 5.41 Å². The Bertz CT molecular complexity index is 1090. The van der Waals surface area contributed by atoms with E-state index >= 15 is 4.39 Å². The molecule has 2 N–H and O–H groups in total. The summed E-state index contributed by atoms with van der Waals surface area (Å²) in [5, 5.41) is 11.3. The molecule has 1 amide bonds. The Labute approximate surface area is 204 Å². The minimum Gasteiger partial charge on any atom is -0.380 e. The van der Waals surface area contributed by atoms with Gasteiger partial charge in [0.05, 0.1) is 18.2 Å². The van der Waals surface area contributed by atoms with Crippen molar-refractivity contribution in [2.45, 2.75) is 52.9 Å². The van der Waals surface area contributed by atoms with Gasteiger partial charge in [-0.15, -0.1) is 0 Å². The highest BCUT2D eigenvalue weighted by molar-refractivity contribution is 6.30. The standard InChI is InChI=1S/C26H32ClF2N3O2/c1-6-16(9-22(30)25(3,4)5)26(14-34-13-15(26)2)19-11-18(7-8-20(19)28)32-24(33)23-21(29)10-17(27)12-31-23/h7-8,10-12,15-16,30H,6,9,13-14H2,1-5H3,(H,32,33). The molecule has 0 bridgehead atoms. The van der Waals surface area contributed by atoms with Gasteiger partial charge in [0.1, 0.15) is 5.82 Å². The predicted molar refractivity (Wildman–Crippen MR) is 131 cm³/mol. The van der Waals surface area contributed by atoms with Gasteiger partial charge in [-0.3, -0.25) is 4.79 Å². The van der Waals surface area contributed by atoms with Crippen LogP contribution in [0, 0.1) is 34.3 Å². The van der Waals surface area contributed by atoms with Crippen LogP contribution in [-0.4, -0.2) is 29.8 Å². The van der Waals surface area contributed by atoms with E-state index < -0.39 is 28.7 Å². The number of nitrogens with one attached hydrogen (secondary N) is 2. The van der Waals surface area contributed by atoms with Crippen molar-refractivity contribution in [3.8, 4) is 0 Å². The van der Waals surface area contributed by atoms with Gasteiger partial charge in [-0.05, 0) is 53.5 Å². The minimum atomic E-state index is -0.839. The Kier molecular flexibility index (Phi) is 7.78. The average Bonchev–Trinajstić information content (AvgIpc) is 3.14. The Balaban J connectivity index is 2.00. The summed E-state index contributed by atoms with van der Waals surface area (Å²) in [5.41, 5.74) is 0.0205. The van der Waals surface area contributed by atoms with E-state index in [2.05, 4.69) is 10.3 Å². The first-order chi connectivity index (χ1) is 15.9. The van der Waals surface area contributed by atoms with Gasteiger partial charge in [-0.1, -0.05) is 52.6 Å². The molecule has 3 unspecified atom stereocenters. The van der Waals surface area contributed by atoms with E-state index in [9.17, 15) is 9.18 Å². The highest BCUT2D eigenvalue weighted by Gasteiger charge is 2.50. The normalized spacial score (nSPS) is 21.4. The Morgan fingerprint density at radius 3 is 2.59 bits per heavy atom. The third-order valence-electron chi connectivity index (χ3n) is 6.91. The van der Waals surface area contributed by atoms with Crippen LogP contribution in [0.3, 0.4) is 0 Å². The van der Waals surface area contributed by atoms with Gasteiger partial charge < -0.3 is 15.5 Å². The number of anilines is 1. The zero-order valence-electron chi connectivity index (χ0n) is 20.3. The third-order valence-corrected chi connectivity index (χ3v) is 7.12. The fourth-order valence-corrected chi connectivity index (χ4v) is 4.90. The van der Waals surface area contributed by atoms with Crippen LogP contribution >= 0.6 is 11.6 Å². The van der Waals surface area contributed by atoms with Crippen molar-refractivity contribution in [3.05, 3.63) is 58.4 Å². The molecule has 1 aromatic heterocycles. The SMILES string of the molecule is CCC(CC(=N)C(C)(C)C)C1(c2cc(NC(=O)c3ncc(Cl)cc3F)ccc2F)COCC1C. The number of hydrogen-bond acceptors (Lipinski definition) is 4. The largest absolute Gasteiger partial charge is 0.380 e. The summed E-state index contributed by atoms with van der Waals surface area (Å²) in [6, 6.07) is 5.37. The average molecular weight is 492 g/mol. The van der Waals surface area contributed by atoms with Crippen molar-refractivity contribution in [2.75, 3.05) is 18.5 Å². The Morgan fingerprint density at radius 2 is 2.03 bits per heavy atom. The van der Waals surface area contributed by atoms with Crippen LogP contribution in [0.15, 0.2) is 30.5 Å². The zero-order valence-corrected chi connectivity index (χ0v) is 21.0. The fourth-order valence-electron chi connectivity index (χ4n) is 4.75. The second-order valence-electron chi connectivity index (χ2n) is 10.1. The first-order valence-electron chi connectivity index (χ1n) is 11.5. The summed E-state index contributed by atoms with van der Waals surface area (Å²) >= 11 is 5.73. The van der Waals surface area contributed by atoms with Gasteiger partial charge >= 0.3 is 0 Å². The minimum absolute atomic E-state index is 0.000969. The maximum atomic E-state index is 15.4. The van der Waals surface area contributed by atoms with Crippen LogP contribution in [0.5, 0.6) is 0 Å². The molecule has 3 atom stereocenters. The number of pyridine rings is 1. The Hall–Kier alpha value is -2.38. The highest BCUT2D eigenvalue weighted by atomic mass is 35.5. The van der Waals surface area contributed by atoms with E-state index in [0.717, 1.165) is 12.5 Å². The van der Waals surface area contributed by atoms with E-state index in [1.807, 2.05) is 34.6 Å². The van der Waals surface area contributed by atoms with E-state index in [1.54, 1.807) is 6.07 Å². The molecule has 2 aromatic rings. The lowest BCUT2D eigenvalue weighted by Crippen LogP contribution is -2.43. The number of carbonyl (C=O) groups is 1. The van der Waals surface area contributed by atoms with Crippen LogP contribution < -0.4 is 5.32 Å². The van der Waals surface area contributed by atoms with Crippen molar-refractivity contribution < 1.29 is 18.3 Å². The van der Waals surface area contributed by atoms with Crippen LogP contribution in [0.4, 0.5) is 14.5 Å². The number of benzene rings is 1. The molecule has 0 radical (unpaired) electrons. The van der Waals surface area contributed by atoms with E-state index in [-0.39, 0.29) is 22.3 Å². The molecular weight excluding hydrogens is 460 g/mol. The maximum Gasteiger partial charge on any atom is 0.277 e. The zero-order chi connectivity index (χ0) is 25.3. The molecule has 0 aliphatic carbocycles. The molecule has 5 nitrogen and oxygen atoms in total. The predicted octanol–water partition coefficient (Wildman–Crippen LogP) is 6.65. The lowest BCUT2D eigenvalue weighted by atomic mass is 9.61. The first kappa shape index (κ1) is 26.2. The molecule has 34 heavy (non-hydrogen) atoms. The summed E-state index contributed by atoms with van der Waals surface area (Å²) in [6.45, 7) is 10.9. The molecule has 1 aliphatic rings. The maximum absolute atomic E-state index is 15.4.